The minimum absolute atomic E-state index is 0.192. The van der Waals surface area contributed by atoms with Gasteiger partial charge in [-0.05, 0) is 68.9 Å². The summed E-state index contributed by atoms with van der Waals surface area (Å²) in [5.41, 5.74) is 5.36. The number of hydrogen-bond donors (Lipinski definition) is 0. The zero-order chi connectivity index (χ0) is 19.4. The summed E-state index contributed by atoms with van der Waals surface area (Å²) < 4.78 is 5.53. The van der Waals surface area contributed by atoms with Gasteiger partial charge in [0.05, 0.1) is 6.10 Å². The fourth-order valence-corrected chi connectivity index (χ4v) is 3.20. The molecule has 2 aromatic rings. The highest BCUT2D eigenvalue weighted by Crippen LogP contribution is 2.29. The third-order valence-corrected chi connectivity index (χ3v) is 5.13. The topological polar surface area (TPSA) is 43.4 Å². The molecule has 2 atom stereocenters. The second kappa shape index (κ2) is 8.31. The highest BCUT2D eigenvalue weighted by molar-refractivity contribution is 6.14. The van der Waals surface area contributed by atoms with Crippen LogP contribution in [0.5, 0.6) is 0 Å². The number of carbonyl (C=O) groups excluding carboxylic acids is 2. The van der Waals surface area contributed by atoms with E-state index in [0.29, 0.717) is 17.5 Å². The Morgan fingerprint density at radius 3 is 2.15 bits per heavy atom. The van der Waals surface area contributed by atoms with E-state index in [4.69, 9.17) is 4.74 Å². The molecule has 138 valence electrons. The van der Waals surface area contributed by atoms with E-state index in [1.165, 1.54) is 0 Å². The standard InChI is InChI=1S/C23H28O3/c1-7-16(4)26-23(25)21(19-11-9-8-10-12-19)22(24)20-15(3)13-14(2)17(5)18(20)6/h8-13,16,21H,7H2,1-6H3. The number of ketones is 1. The van der Waals surface area contributed by atoms with Crippen LogP contribution < -0.4 is 0 Å². The number of rotatable bonds is 6. The normalized spacial score (nSPS) is 13.2. The fraction of sp³-hybridized carbons (Fsp3) is 0.391. The summed E-state index contributed by atoms with van der Waals surface area (Å²) in [6.45, 7) is 11.7. The lowest BCUT2D eigenvalue weighted by Gasteiger charge is -2.21. The molecule has 26 heavy (non-hydrogen) atoms. The van der Waals surface area contributed by atoms with Crippen LogP contribution in [0.1, 0.15) is 64.4 Å². The lowest BCUT2D eigenvalue weighted by Crippen LogP contribution is -2.28. The van der Waals surface area contributed by atoms with Crippen molar-refractivity contribution in [3.05, 3.63) is 69.8 Å². The van der Waals surface area contributed by atoms with Gasteiger partial charge in [-0.25, -0.2) is 0 Å². The Balaban J connectivity index is 2.55. The average Bonchev–Trinajstić information content (AvgIpc) is 2.60. The van der Waals surface area contributed by atoms with Crippen LogP contribution in [0.25, 0.3) is 0 Å². The van der Waals surface area contributed by atoms with Crippen molar-refractivity contribution in [2.75, 3.05) is 0 Å². The Bertz CT molecular complexity index is 806. The number of ether oxygens (including phenoxy) is 1. The van der Waals surface area contributed by atoms with Crippen LogP contribution in [0.3, 0.4) is 0 Å². The molecule has 0 bridgehead atoms. The van der Waals surface area contributed by atoms with Gasteiger partial charge < -0.3 is 4.74 Å². The molecule has 2 unspecified atom stereocenters. The minimum Gasteiger partial charge on any atom is -0.462 e. The molecule has 0 aliphatic heterocycles. The molecular weight excluding hydrogens is 324 g/mol. The first-order chi connectivity index (χ1) is 12.3. The van der Waals surface area contributed by atoms with E-state index < -0.39 is 11.9 Å². The molecule has 3 nitrogen and oxygen atoms in total. The summed E-state index contributed by atoms with van der Waals surface area (Å²) in [5, 5.41) is 0. The molecule has 0 saturated heterocycles. The van der Waals surface area contributed by atoms with Crippen molar-refractivity contribution in [2.45, 2.75) is 60.0 Å². The van der Waals surface area contributed by atoms with Gasteiger partial charge in [0.15, 0.2) is 5.78 Å². The summed E-state index contributed by atoms with van der Waals surface area (Å²) in [7, 11) is 0. The zero-order valence-corrected chi connectivity index (χ0v) is 16.6. The first-order valence-corrected chi connectivity index (χ1v) is 9.14. The molecule has 3 heteroatoms. The van der Waals surface area contributed by atoms with Crippen molar-refractivity contribution in [3.63, 3.8) is 0 Å². The third kappa shape index (κ3) is 4.04. The highest BCUT2D eigenvalue weighted by atomic mass is 16.5. The summed E-state index contributed by atoms with van der Waals surface area (Å²) in [6.07, 6.45) is 0.492. The summed E-state index contributed by atoms with van der Waals surface area (Å²) in [6, 6.07) is 11.2. The largest absolute Gasteiger partial charge is 0.462 e. The Morgan fingerprint density at radius 1 is 0.962 bits per heavy atom. The summed E-state index contributed by atoms with van der Waals surface area (Å²) in [5.74, 6) is -1.61. The quantitative estimate of drug-likeness (QED) is 0.406. The SMILES string of the molecule is CCC(C)OC(=O)C(C(=O)c1c(C)cc(C)c(C)c1C)c1ccccc1. The van der Waals surface area contributed by atoms with E-state index >= 15 is 0 Å². The van der Waals surface area contributed by atoms with Crippen molar-refractivity contribution >= 4 is 11.8 Å². The maximum absolute atomic E-state index is 13.5. The number of hydrogen-bond acceptors (Lipinski definition) is 3. The maximum atomic E-state index is 13.5. The van der Waals surface area contributed by atoms with Crippen LogP contribution in [0, 0.1) is 27.7 Å². The maximum Gasteiger partial charge on any atom is 0.321 e. The van der Waals surface area contributed by atoms with Crippen LogP contribution in [0.15, 0.2) is 36.4 Å². The number of benzene rings is 2. The van der Waals surface area contributed by atoms with E-state index in [-0.39, 0.29) is 11.9 Å². The third-order valence-electron chi connectivity index (χ3n) is 5.13. The number of aryl methyl sites for hydroxylation is 2. The van der Waals surface area contributed by atoms with E-state index in [2.05, 4.69) is 0 Å². The molecular formula is C23H28O3. The van der Waals surface area contributed by atoms with Gasteiger partial charge in [-0.15, -0.1) is 0 Å². The van der Waals surface area contributed by atoms with E-state index in [1.807, 2.05) is 77.9 Å². The highest BCUT2D eigenvalue weighted by Gasteiger charge is 2.33. The zero-order valence-electron chi connectivity index (χ0n) is 16.6. The average molecular weight is 352 g/mol. The van der Waals surface area contributed by atoms with Gasteiger partial charge in [-0.3, -0.25) is 9.59 Å². The van der Waals surface area contributed by atoms with Crippen LogP contribution in [-0.4, -0.2) is 17.9 Å². The predicted molar refractivity (Wildman–Crippen MR) is 105 cm³/mol. The minimum atomic E-state index is -0.940. The smallest absolute Gasteiger partial charge is 0.321 e. The van der Waals surface area contributed by atoms with Crippen molar-refractivity contribution in [2.24, 2.45) is 0 Å². The molecule has 0 aliphatic carbocycles. The first-order valence-electron chi connectivity index (χ1n) is 9.14. The van der Waals surface area contributed by atoms with E-state index in [1.54, 1.807) is 0 Å². The molecule has 0 N–H and O–H groups in total. The fourth-order valence-electron chi connectivity index (χ4n) is 3.20. The van der Waals surface area contributed by atoms with Gasteiger partial charge in [0.1, 0.15) is 5.92 Å². The molecule has 2 rings (SSSR count). The Hall–Kier alpha value is -2.42. The van der Waals surface area contributed by atoms with Gasteiger partial charge in [0, 0.05) is 5.56 Å². The summed E-state index contributed by atoms with van der Waals surface area (Å²) >= 11 is 0. The van der Waals surface area contributed by atoms with Gasteiger partial charge in [0.25, 0.3) is 0 Å². The molecule has 0 radical (unpaired) electrons. The molecule has 0 heterocycles. The first kappa shape index (κ1) is 19.9. The number of carbonyl (C=O) groups is 2. The van der Waals surface area contributed by atoms with Gasteiger partial charge >= 0.3 is 5.97 Å². The Kier molecular flexibility index (Phi) is 6.36. The summed E-state index contributed by atoms with van der Waals surface area (Å²) in [4.78, 5) is 26.3. The predicted octanol–water partition coefficient (Wildman–Crippen LogP) is 5.23. The second-order valence-corrected chi connectivity index (χ2v) is 7.00. The van der Waals surface area contributed by atoms with Gasteiger partial charge in [-0.2, -0.15) is 0 Å². The lowest BCUT2D eigenvalue weighted by atomic mass is 9.84. The van der Waals surface area contributed by atoms with Crippen molar-refractivity contribution in [1.82, 2.24) is 0 Å². The van der Waals surface area contributed by atoms with Crippen LogP contribution in [-0.2, 0) is 9.53 Å². The van der Waals surface area contributed by atoms with Crippen molar-refractivity contribution in [1.29, 1.82) is 0 Å². The lowest BCUT2D eigenvalue weighted by molar-refractivity contribution is -0.148. The van der Waals surface area contributed by atoms with E-state index in [9.17, 15) is 9.59 Å². The van der Waals surface area contributed by atoms with Crippen LogP contribution >= 0.6 is 0 Å². The molecule has 0 aromatic heterocycles. The van der Waals surface area contributed by atoms with E-state index in [0.717, 1.165) is 22.3 Å². The van der Waals surface area contributed by atoms with Crippen LogP contribution in [0.4, 0.5) is 0 Å². The van der Waals surface area contributed by atoms with Gasteiger partial charge in [0.2, 0.25) is 0 Å². The molecule has 0 aliphatic rings. The second-order valence-electron chi connectivity index (χ2n) is 7.00. The number of esters is 1. The van der Waals surface area contributed by atoms with Crippen molar-refractivity contribution in [3.8, 4) is 0 Å². The molecule has 0 saturated carbocycles. The molecule has 2 aromatic carbocycles. The van der Waals surface area contributed by atoms with Crippen LogP contribution in [0.2, 0.25) is 0 Å². The Morgan fingerprint density at radius 2 is 1.58 bits per heavy atom. The molecule has 0 fully saturated rings. The van der Waals surface area contributed by atoms with Crippen molar-refractivity contribution < 1.29 is 14.3 Å². The molecule has 0 amide bonds. The molecule has 0 spiro atoms. The van der Waals surface area contributed by atoms with Gasteiger partial charge in [-0.1, -0.05) is 43.3 Å². The number of Topliss-reactive ketones (excluding diaryl/α,β-unsaturated/α-hetero) is 1. The Labute approximate surface area is 156 Å². The monoisotopic (exact) mass is 352 g/mol.